The summed E-state index contributed by atoms with van der Waals surface area (Å²) >= 11 is 0. The van der Waals surface area contributed by atoms with Crippen LogP contribution in [-0.2, 0) is 7.05 Å². The van der Waals surface area contributed by atoms with Crippen LogP contribution in [0.15, 0.2) is 24.4 Å². The van der Waals surface area contributed by atoms with Crippen molar-refractivity contribution in [3.05, 3.63) is 41.3 Å². The summed E-state index contributed by atoms with van der Waals surface area (Å²) < 4.78 is 1.77. The van der Waals surface area contributed by atoms with E-state index in [0.29, 0.717) is 17.2 Å². The van der Waals surface area contributed by atoms with Crippen molar-refractivity contribution in [3.8, 4) is 0 Å². The molecule has 150 valence electrons. The normalized spacial score (nSPS) is 17.0. The molecule has 0 radical (unpaired) electrons. The predicted octanol–water partition coefficient (Wildman–Crippen LogP) is 3.79. The molecular weight excluding hydrogens is 364 g/mol. The van der Waals surface area contributed by atoms with Crippen LogP contribution in [0.2, 0.25) is 0 Å². The Kier molecular flexibility index (Phi) is 4.45. The Morgan fingerprint density at radius 2 is 1.97 bits per heavy atom. The lowest BCUT2D eigenvalue weighted by molar-refractivity contribution is 0.102. The lowest BCUT2D eigenvalue weighted by Crippen LogP contribution is -2.30. The molecule has 0 spiro atoms. The number of hydrogen-bond acceptors (Lipinski definition) is 5. The highest BCUT2D eigenvalue weighted by atomic mass is 16.1. The Morgan fingerprint density at radius 1 is 1.17 bits per heavy atom. The van der Waals surface area contributed by atoms with Gasteiger partial charge in [-0.2, -0.15) is 5.10 Å². The molecule has 1 N–H and O–H groups in total. The summed E-state index contributed by atoms with van der Waals surface area (Å²) in [7, 11) is 1.88. The minimum absolute atomic E-state index is 0.136. The molecule has 1 aliphatic heterocycles. The van der Waals surface area contributed by atoms with E-state index >= 15 is 0 Å². The number of anilines is 2. The molecule has 7 nitrogen and oxygen atoms in total. The number of amides is 1. The minimum Gasteiger partial charge on any atom is -0.357 e. The summed E-state index contributed by atoms with van der Waals surface area (Å²) in [6.45, 7) is 4.03. The van der Waals surface area contributed by atoms with Gasteiger partial charge in [-0.25, -0.2) is 9.97 Å². The Hall–Kier alpha value is -2.96. The molecule has 29 heavy (non-hydrogen) atoms. The number of rotatable bonds is 4. The minimum atomic E-state index is -0.136. The van der Waals surface area contributed by atoms with Crippen LogP contribution < -0.4 is 10.2 Å². The van der Waals surface area contributed by atoms with E-state index in [1.807, 2.05) is 32.2 Å². The van der Waals surface area contributed by atoms with Gasteiger partial charge in [0.1, 0.15) is 5.82 Å². The third kappa shape index (κ3) is 3.45. The Labute approximate surface area is 170 Å². The molecular formula is C22H26N6O. The highest BCUT2D eigenvalue weighted by Crippen LogP contribution is 2.40. The van der Waals surface area contributed by atoms with Crippen LogP contribution in [-0.4, -0.2) is 38.7 Å². The number of carbonyl (C=O) groups excluding carboxylic acids is 1. The van der Waals surface area contributed by atoms with E-state index in [2.05, 4.69) is 20.3 Å². The van der Waals surface area contributed by atoms with Crippen LogP contribution in [0, 0.1) is 6.92 Å². The van der Waals surface area contributed by atoms with Gasteiger partial charge in [-0.1, -0.05) is 0 Å². The second kappa shape index (κ2) is 7.13. The van der Waals surface area contributed by atoms with Crippen LogP contribution in [0.25, 0.3) is 11.0 Å². The Balaban J connectivity index is 1.42. The maximum absolute atomic E-state index is 13.2. The lowest BCUT2D eigenvalue weighted by atomic mass is 10.1. The monoisotopic (exact) mass is 390 g/mol. The zero-order chi connectivity index (χ0) is 20.0. The molecule has 1 saturated heterocycles. The first-order valence-corrected chi connectivity index (χ1v) is 10.5. The molecule has 7 heteroatoms. The van der Waals surface area contributed by atoms with E-state index in [-0.39, 0.29) is 5.91 Å². The van der Waals surface area contributed by atoms with Crippen molar-refractivity contribution < 1.29 is 4.79 Å². The van der Waals surface area contributed by atoms with E-state index in [0.717, 1.165) is 54.2 Å². The van der Waals surface area contributed by atoms with Crippen molar-refractivity contribution in [1.29, 1.82) is 0 Å². The third-order valence-electron chi connectivity index (χ3n) is 5.91. The lowest BCUT2D eigenvalue weighted by Gasteiger charge is -2.27. The van der Waals surface area contributed by atoms with Gasteiger partial charge in [0.25, 0.3) is 5.91 Å². The molecule has 0 aromatic carbocycles. The van der Waals surface area contributed by atoms with Gasteiger partial charge in [-0.15, -0.1) is 0 Å². The fraction of sp³-hybridized carbons (Fsp3) is 0.455. The van der Waals surface area contributed by atoms with Crippen molar-refractivity contribution in [1.82, 2.24) is 19.7 Å². The van der Waals surface area contributed by atoms with Gasteiger partial charge in [0.2, 0.25) is 0 Å². The van der Waals surface area contributed by atoms with Crippen LogP contribution in [0.4, 0.5) is 11.5 Å². The summed E-state index contributed by atoms with van der Waals surface area (Å²) in [6, 6.07) is 5.87. The molecule has 1 amide bonds. The SMILES string of the molecule is Cc1nn(C)c2nc(C3CC3)cc(C(=O)Nc3ccc(N4CCCCC4)nc3)c12. The molecule has 0 bridgehead atoms. The second-order valence-electron chi connectivity index (χ2n) is 8.18. The summed E-state index contributed by atoms with van der Waals surface area (Å²) in [4.78, 5) is 24.8. The summed E-state index contributed by atoms with van der Waals surface area (Å²) in [5, 5.41) is 8.33. The number of hydrogen-bond donors (Lipinski definition) is 1. The van der Waals surface area contributed by atoms with E-state index in [1.54, 1.807) is 10.9 Å². The number of piperidine rings is 1. The fourth-order valence-electron chi connectivity index (χ4n) is 4.20. The van der Waals surface area contributed by atoms with Gasteiger partial charge in [0.15, 0.2) is 5.65 Å². The zero-order valence-corrected chi connectivity index (χ0v) is 17.0. The van der Waals surface area contributed by atoms with Crippen LogP contribution >= 0.6 is 0 Å². The second-order valence-corrected chi connectivity index (χ2v) is 8.18. The van der Waals surface area contributed by atoms with Crippen molar-refractivity contribution in [3.63, 3.8) is 0 Å². The topological polar surface area (TPSA) is 75.9 Å². The standard InChI is InChI=1S/C22H26N6O/c1-14-20-17(12-18(15-6-7-15)25-21(20)27(2)26-14)22(29)24-16-8-9-19(23-13-16)28-10-4-3-5-11-28/h8-9,12-13,15H,3-7,10-11H2,1-2H3,(H,24,29). The maximum Gasteiger partial charge on any atom is 0.256 e. The highest BCUT2D eigenvalue weighted by molar-refractivity contribution is 6.12. The first-order chi connectivity index (χ1) is 14.1. The summed E-state index contributed by atoms with van der Waals surface area (Å²) in [6.07, 6.45) is 7.74. The van der Waals surface area contributed by atoms with E-state index in [1.165, 1.54) is 19.3 Å². The largest absolute Gasteiger partial charge is 0.357 e. The first-order valence-electron chi connectivity index (χ1n) is 10.5. The molecule has 4 heterocycles. The number of aromatic nitrogens is 4. The van der Waals surface area contributed by atoms with Gasteiger partial charge >= 0.3 is 0 Å². The van der Waals surface area contributed by atoms with E-state index in [9.17, 15) is 4.79 Å². The van der Waals surface area contributed by atoms with Crippen molar-refractivity contribution in [2.45, 2.75) is 44.9 Å². The molecule has 0 unspecified atom stereocenters. The van der Waals surface area contributed by atoms with E-state index in [4.69, 9.17) is 4.98 Å². The fourth-order valence-corrected chi connectivity index (χ4v) is 4.20. The highest BCUT2D eigenvalue weighted by Gasteiger charge is 2.28. The van der Waals surface area contributed by atoms with Crippen LogP contribution in [0.5, 0.6) is 0 Å². The quantitative estimate of drug-likeness (QED) is 0.733. The average molecular weight is 390 g/mol. The number of carbonyl (C=O) groups is 1. The number of nitrogens with zero attached hydrogens (tertiary/aromatic N) is 5. The van der Waals surface area contributed by atoms with Gasteiger partial charge in [0.05, 0.1) is 28.5 Å². The Bertz CT molecular complexity index is 1060. The van der Waals surface area contributed by atoms with Crippen LogP contribution in [0.3, 0.4) is 0 Å². The molecule has 3 aromatic heterocycles. The Morgan fingerprint density at radius 3 is 2.66 bits per heavy atom. The van der Waals surface area contributed by atoms with Crippen LogP contribution in [0.1, 0.15) is 59.8 Å². The number of nitrogens with one attached hydrogen (secondary N) is 1. The van der Waals surface area contributed by atoms with E-state index < -0.39 is 0 Å². The molecule has 1 aliphatic carbocycles. The summed E-state index contributed by atoms with van der Waals surface area (Å²) in [5.41, 5.74) is 3.93. The summed E-state index contributed by atoms with van der Waals surface area (Å²) in [5.74, 6) is 1.31. The molecule has 5 rings (SSSR count). The van der Waals surface area contributed by atoms with Gasteiger partial charge in [-0.05, 0) is 57.2 Å². The molecule has 0 atom stereocenters. The van der Waals surface area contributed by atoms with Crippen molar-refractivity contribution in [2.24, 2.45) is 7.05 Å². The number of fused-ring (bicyclic) bond motifs is 1. The molecule has 2 fully saturated rings. The number of aryl methyl sites for hydroxylation is 2. The number of pyridine rings is 2. The molecule has 2 aliphatic rings. The third-order valence-corrected chi connectivity index (χ3v) is 5.91. The predicted molar refractivity (Wildman–Crippen MR) is 113 cm³/mol. The smallest absolute Gasteiger partial charge is 0.256 e. The molecule has 1 saturated carbocycles. The molecule has 3 aromatic rings. The van der Waals surface area contributed by atoms with Crippen molar-refractivity contribution >= 4 is 28.4 Å². The maximum atomic E-state index is 13.2. The van der Waals surface area contributed by atoms with Gasteiger partial charge in [-0.3, -0.25) is 9.48 Å². The van der Waals surface area contributed by atoms with Gasteiger partial charge in [0, 0.05) is 31.7 Å². The first kappa shape index (κ1) is 18.1. The van der Waals surface area contributed by atoms with Crippen molar-refractivity contribution in [2.75, 3.05) is 23.3 Å². The average Bonchev–Trinajstić information content (AvgIpc) is 3.55. The zero-order valence-electron chi connectivity index (χ0n) is 17.0. The van der Waals surface area contributed by atoms with Gasteiger partial charge < -0.3 is 10.2 Å².